The van der Waals surface area contributed by atoms with Crippen LogP contribution < -0.4 is 5.73 Å². The number of carbonyl (C=O) groups is 1. The fourth-order valence-corrected chi connectivity index (χ4v) is 4.04. The first kappa shape index (κ1) is 13.6. The number of hydrogen-bond acceptors (Lipinski definition) is 2. The van der Waals surface area contributed by atoms with Gasteiger partial charge in [0, 0.05) is 27.7 Å². The van der Waals surface area contributed by atoms with Gasteiger partial charge < -0.3 is 10.6 Å². The molecule has 19 heavy (non-hydrogen) atoms. The Morgan fingerprint density at radius 3 is 2.89 bits per heavy atom. The average Bonchev–Trinajstić information content (AvgIpc) is 2.94. The van der Waals surface area contributed by atoms with Crippen LogP contribution in [0.25, 0.3) is 0 Å². The van der Waals surface area contributed by atoms with Crippen molar-refractivity contribution < 1.29 is 4.79 Å². The Hall–Kier alpha value is -0.330. The van der Waals surface area contributed by atoms with Crippen molar-refractivity contribution in [3.63, 3.8) is 0 Å². The number of carbonyl (C=O) groups excluding carboxylic acids is 1. The molecule has 5 heteroatoms. The van der Waals surface area contributed by atoms with Crippen molar-refractivity contribution in [2.45, 2.75) is 18.9 Å². The second-order valence-corrected chi connectivity index (χ2v) is 7.10. The summed E-state index contributed by atoms with van der Waals surface area (Å²) in [5.74, 6) is 1.17. The van der Waals surface area contributed by atoms with Gasteiger partial charge >= 0.3 is 0 Å². The van der Waals surface area contributed by atoms with Gasteiger partial charge in [0.2, 0.25) is 0 Å². The Morgan fingerprint density at radius 2 is 2.16 bits per heavy atom. The molecule has 1 aliphatic heterocycles. The quantitative estimate of drug-likeness (QED) is 0.750. The van der Waals surface area contributed by atoms with Crippen molar-refractivity contribution in [1.82, 2.24) is 4.90 Å². The first-order chi connectivity index (χ1) is 9.06. The van der Waals surface area contributed by atoms with Crippen LogP contribution in [0.4, 0.5) is 0 Å². The molecule has 1 saturated heterocycles. The minimum Gasteiger partial charge on any atom is -0.338 e. The highest BCUT2D eigenvalue weighted by atomic mass is 127. The molecule has 3 unspecified atom stereocenters. The van der Waals surface area contributed by atoms with Gasteiger partial charge in [-0.05, 0) is 65.5 Å². The molecule has 2 fully saturated rings. The Balaban J connectivity index is 1.80. The monoisotopic (exact) mass is 390 g/mol. The van der Waals surface area contributed by atoms with Crippen LogP contribution in [0.2, 0.25) is 5.02 Å². The first-order valence-corrected chi connectivity index (χ1v) is 8.02. The van der Waals surface area contributed by atoms with Crippen LogP contribution in [0.3, 0.4) is 0 Å². The molecule has 1 amide bonds. The molecular weight excluding hydrogens is 375 g/mol. The topological polar surface area (TPSA) is 46.3 Å². The van der Waals surface area contributed by atoms with E-state index in [0.717, 1.165) is 29.5 Å². The zero-order valence-electron chi connectivity index (χ0n) is 10.5. The molecule has 2 aliphatic rings. The number of nitrogens with two attached hydrogens (primary N) is 1. The molecule has 1 heterocycles. The number of rotatable bonds is 1. The number of nitrogens with zero attached hydrogens (tertiary/aromatic N) is 1. The summed E-state index contributed by atoms with van der Waals surface area (Å²) in [6, 6.07) is 5.73. The molecule has 102 valence electrons. The van der Waals surface area contributed by atoms with E-state index in [2.05, 4.69) is 22.6 Å². The van der Waals surface area contributed by atoms with Crippen molar-refractivity contribution in [3.8, 4) is 0 Å². The summed E-state index contributed by atoms with van der Waals surface area (Å²) in [5, 5.41) is 0.611. The zero-order valence-corrected chi connectivity index (χ0v) is 13.4. The summed E-state index contributed by atoms with van der Waals surface area (Å²) in [5.41, 5.74) is 6.82. The fraction of sp³-hybridized carbons (Fsp3) is 0.500. The predicted molar refractivity (Wildman–Crippen MR) is 84.3 cm³/mol. The molecule has 0 radical (unpaired) electrons. The SMILES string of the molecule is NC1CCC2CN(C(=O)c3cc(Cl)ccc3I)CC12. The highest BCUT2D eigenvalue weighted by Crippen LogP contribution is 2.37. The standard InChI is InChI=1S/C14H16ClIN2O/c15-9-2-3-12(16)10(5-9)14(19)18-6-8-1-4-13(17)11(8)7-18/h2-3,5,8,11,13H,1,4,6-7,17H2. The lowest BCUT2D eigenvalue weighted by Gasteiger charge is -2.19. The van der Waals surface area contributed by atoms with E-state index >= 15 is 0 Å². The second kappa shape index (κ2) is 5.22. The molecule has 3 nitrogen and oxygen atoms in total. The second-order valence-electron chi connectivity index (χ2n) is 5.50. The van der Waals surface area contributed by atoms with E-state index in [0.29, 0.717) is 22.4 Å². The minimum absolute atomic E-state index is 0.0912. The van der Waals surface area contributed by atoms with E-state index in [9.17, 15) is 4.79 Å². The van der Waals surface area contributed by atoms with Crippen molar-refractivity contribution >= 4 is 40.1 Å². The van der Waals surface area contributed by atoms with Crippen LogP contribution in [0.5, 0.6) is 0 Å². The Labute approximate surface area is 131 Å². The van der Waals surface area contributed by atoms with Crippen LogP contribution in [-0.2, 0) is 0 Å². The van der Waals surface area contributed by atoms with Gasteiger partial charge in [-0.1, -0.05) is 11.6 Å². The lowest BCUT2D eigenvalue weighted by molar-refractivity contribution is 0.0778. The number of halogens is 2. The average molecular weight is 391 g/mol. The van der Waals surface area contributed by atoms with Crippen LogP contribution >= 0.6 is 34.2 Å². The third kappa shape index (κ3) is 2.50. The predicted octanol–water partition coefficient (Wildman–Crippen LogP) is 2.75. The zero-order chi connectivity index (χ0) is 13.6. The highest BCUT2D eigenvalue weighted by molar-refractivity contribution is 14.1. The fourth-order valence-electron chi connectivity index (χ4n) is 3.31. The molecule has 1 aromatic carbocycles. The van der Waals surface area contributed by atoms with Crippen molar-refractivity contribution in [2.24, 2.45) is 17.6 Å². The number of benzene rings is 1. The van der Waals surface area contributed by atoms with E-state index in [4.69, 9.17) is 17.3 Å². The molecule has 0 spiro atoms. The molecule has 2 N–H and O–H groups in total. The molecule has 3 atom stereocenters. The van der Waals surface area contributed by atoms with Gasteiger partial charge in [0.25, 0.3) is 5.91 Å². The van der Waals surface area contributed by atoms with E-state index in [1.165, 1.54) is 0 Å². The summed E-state index contributed by atoms with van der Waals surface area (Å²) in [6.45, 7) is 1.65. The van der Waals surface area contributed by atoms with Gasteiger partial charge in [-0.2, -0.15) is 0 Å². The molecule has 3 rings (SSSR count). The first-order valence-electron chi connectivity index (χ1n) is 6.56. The molecule has 1 aliphatic carbocycles. The van der Waals surface area contributed by atoms with Crippen molar-refractivity contribution in [2.75, 3.05) is 13.1 Å². The van der Waals surface area contributed by atoms with Gasteiger partial charge in [0.15, 0.2) is 0 Å². The van der Waals surface area contributed by atoms with Gasteiger partial charge in [-0.15, -0.1) is 0 Å². The maximum Gasteiger partial charge on any atom is 0.255 e. The number of hydrogen-bond donors (Lipinski definition) is 1. The molecule has 1 saturated carbocycles. The van der Waals surface area contributed by atoms with E-state index < -0.39 is 0 Å². The maximum atomic E-state index is 12.6. The van der Waals surface area contributed by atoms with E-state index in [1.807, 2.05) is 17.0 Å². The van der Waals surface area contributed by atoms with Crippen molar-refractivity contribution in [3.05, 3.63) is 32.4 Å². The maximum absolute atomic E-state index is 12.6. The number of fused-ring (bicyclic) bond motifs is 1. The smallest absolute Gasteiger partial charge is 0.255 e. The number of likely N-dealkylation sites (tertiary alicyclic amines) is 1. The number of amides is 1. The van der Waals surface area contributed by atoms with E-state index in [1.54, 1.807) is 6.07 Å². The third-order valence-electron chi connectivity index (χ3n) is 4.36. The summed E-state index contributed by atoms with van der Waals surface area (Å²) >= 11 is 8.18. The lowest BCUT2D eigenvalue weighted by atomic mass is 9.98. The third-order valence-corrected chi connectivity index (χ3v) is 5.53. The largest absolute Gasteiger partial charge is 0.338 e. The molecule has 0 aromatic heterocycles. The summed E-state index contributed by atoms with van der Waals surface area (Å²) in [6.07, 6.45) is 2.26. The molecule has 1 aromatic rings. The van der Waals surface area contributed by atoms with Gasteiger partial charge in [0.05, 0.1) is 5.56 Å². The van der Waals surface area contributed by atoms with Crippen LogP contribution in [0.1, 0.15) is 23.2 Å². The summed E-state index contributed by atoms with van der Waals surface area (Å²) in [7, 11) is 0. The van der Waals surface area contributed by atoms with Gasteiger partial charge in [-0.25, -0.2) is 0 Å². The molecular formula is C14H16ClIN2O. The Bertz CT molecular complexity index is 522. The van der Waals surface area contributed by atoms with Gasteiger partial charge in [-0.3, -0.25) is 4.79 Å². The normalized spacial score (nSPS) is 29.6. The van der Waals surface area contributed by atoms with Crippen molar-refractivity contribution in [1.29, 1.82) is 0 Å². The van der Waals surface area contributed by atoms with Gasteiger partial charge in [0.1, 0.15) is 0 Å². The summed E-state index contributed by atoms with van der Waals surface area (Å²) in [4.78, 5) is 14.5. The van der Waals surface area contributed by atoms with E-state index in [-0.39, 0.29) is 11.9 Å². The van der Waals surface area contributed by atoms with Crippen LogP contribution in [-0.4, -0.2) is 29.9 Å². The summed E-state index contributed by atoms with van der Waals surface area (Å²) < 4.78 is 0.952. The lowest BCUT2D eigenvalue weighted by Crippen LogP contribution is -2.33. The molecule has 0 bridgehead atoms. The van der Waals surface area contributed by atoms with Crippen LogP contribution in [0.15, 0.2) is 18.2 Å². The van der Waals surface area contributed by atoms with Crippen LogP contribution in [0, 0.1) is 15.4 Å². The Kier molecular flexibility index (Phi) is 3.75. The minimum atomic E-state index is 0.0912. The highest BCUT2D eigenvalue weighted by Gasteiger charge is 2.42. The Morgan fingerprint density at radius 1 is 1.37 bits per heavy atom.